The Hall–Kier alpha value is -2.52. The Morgan fingerprint density at radius 3 is 2.23 bits per heavy atom. The summed E-state index contributed by atoms with van der Waals surface area (Å²) in [5.74, 6) is 0.00422. The Labute approximate surface area is 239 Å². The van der Waals surface area contributed by atoms with Crippen molar-refractivity contribution in [3.63, 3.8) is 0 Å². The van der Waals surface area contributed by atoms with Gasteiger partial charge in [-0.25, -0.2) is 4.79 Å². The molecule has 0 radical (unpaired) electrons. The number of carboxylic acids is 1. The van der Waals surface area contributed by atoms with Gasteiger partial charge in [0.2, 0.25) is 11.8 Å². The fourth-order valence-electron chi connectivity index (χ4n) is 4.52. The van der Waals surface area contributed by atoms with E-state index in [0.29, 0.717) is 6.61 Å². The summed E-state index contributed by atoms with van der Waals surface area (Å²) in [6.07, 6.45) is 3.63. The molecule has 3 atom stereocenters. The smallest absolute Gasteiger partial charge is 0.331 e. The lowest BCUT2D eigenvalue weighted by Gasteiger charge is -2.40. The normalized spacial score (nSPS) is 14.9. The summed E-state index contributed by atoms with van der Waals surface area (Å²) in [5, 5.41) is 15.6. The number of carboxylic acid groups (broad SMARTS) is 1. The fourth-order valence-corrected chi connectivity index (χ4v) is 4.77. The lowest BCUT2D eigenvalue weighted by Crippen LogP contribution is -2.61. The van der Waals surface area contributed by atoms with Crippen LogP contribution in [0.1, 0.15) is 61.0 Å². The minimum Gasteiger partial charge on any atom is -0.493 e. The molecule has 0 saturated heterocycles. The second-order valence-electron chi connectivity index (χ2n) is 12.0. The number of aliphatic carboxylic acids is 1. The monoisotopic (exact) mass is 563 g/mol. The van der Waals surface area contributed by atoms with Gasteiger partial charge >= 0.3 is 5.97 Å². The minimum absolute atomic E-state index is 0.0287. The Bertz CT molecular complexity index is 1020. The van der Waals surface area contributed by atoms with Crippen molar-refractivity contribution in [1.29, 1.82) is 0 Å². The van der Waals surface area contributed by atoms with Crippen LogP contribution in [0, 0.1) is 11.3 Å². The molecule has 0 bridgehead atoms. The van der Waals surface area contributed by atoms with Crippen molar-refractivity contribution in [2.75, 3.05) is 32.7 Å². The molecule has 0 unspecified atom stereocenters. The van der Waals surface area contributed by atoms with E-state index < -0.39 is 34.9 Å². The maximum Gasteiger partial charge on any atom is 0.331 e. The van der Waals surface area contributed by atoms with Gasteiger partial charge in [-0.05, 0) is 49.3 Å². The number of benzene rings is 1. The summed E-state index contributed by atoms with van der Waals surface area (Å²) in [6, 6.07) is 5.85. The van der Waals surface area contributed by atoms with Crippen molar-refractivity contribution in [3.05, 3.63) is 41.5 Å². The Morgan fingerprint density at radius 1 is 1.13 bits per heavy atom. The molecule has 1 rings (SSSR count). The Morgan fingerprint density at radius 2 is 1.74 bits per heavy atom. The summed E-state index contributed by atoms with van der Waals surface area (Å²) in [5.41, 5.74) is -0.122. The molecule has 0 spiro atoms. The quantitative estimate of drug-likeness (QED) is 0.228. The number of nitrogens with one attached hydrogen (secondary N) is 2. The first-order valence-electron chi connectivity index (χ1n) is 13.4. The zero-order valence-electron chi connectivity index (χ0n) is 25.5. The number of nitrogens with zero attached hydrogens (tertiary/aromatic N) is 1. The van der Waals surface area contributed by atoms with Crippen LogP contribution in [0.15, 0.2) is 35.9 Å². The Kier molecular flexibility index (Phi) is 13.0. The van der Waals surface area contributed by atoms with Crippen molar-refractivity contribution in [2.45, 2.75) is 78.9 Å². The molecule has 1 aromatic carbocycles. The fraction of sp³-hybridized carbons (Fsp3) is 0.633. The van der Waals surface area contributed by atoms with Crippen LogP contribution in [0.5, 0.6) is 5.75 Å². The van der Waals surface area contributed by atoms with Crippen LogP contribution < -0.4 is 15.4 Å². The summed E-state index contributed by atoms with van der Waals surface area (Å²) in [4.78, 5) is 40.6. The minimum atomic E-state index is -1.03. The van der Waals surface area contributed by atoms with E-state index in [2.05, 4.69) is 10.6 Å². The average Bonchev–Trinajstić information content (AvgIpc) is 2.84. The molecule has 0 aliphatic rings. The van der Waals surface area contributed by atoms with Gasteiger partial charge in [-0.15, -0.1) is 0 Å². The highest BCUT2D eigenvalue weighted by molar-refractivity contribution is 7.98. The molecule has 2 amide bonds. The molecule has 3 N–H and O–H groups in total. The number of ether oxygens (including phenoxy) is 1. The van der Waals surface area contributed by atoms with Crippen LogP contribution in [-0.2, 0) is 19.8 Å². The van der Waals surface area contributed by atoms with Crippen LogP contribution in [-0.4, -0.2) is 78.6 Å². The number of likely N-dealkylation sites (N-methyl/N-ethyl adjacent to an activating group) is 2. The van der Waals surface area contributed by atoms with E-state index in [1.165, 1.54) is 6.92 Å². The highest BCUT2D eigenvalue weighted by Crippen LogP contribution is 2.31. The van der Waals surface area contributed by atoms with Gasteiger partial charge in [0.05, 0.1) is 18.7 Å². The predicted octanol–water partition coefficient (Wildman–Crippen LogP) is 4.34. The van der Waals surface area contributed by atoms with Crippen molar-refractivity contribution in [2.24, 2.45) is 11.3 Å². The third-order valence-corrected chi connectivity index (χ3v) is 7.62. The Balaban J connectivity index is 3.30. The highest BCUT2D eigenvalue weighted by Gasteiger charge is 2.41. The maximum absolute atomic E-state index is 13.8. The lowest BCUT2D eigenvalue weighted by molar-refractivity contribution is -0.141. The molecular weight excluding hydrogens is 514 g/mol. The van der Waals surface area contributed by atoms with Crippen LogP contribution in [0.25, 0.3) is 0 Å². The number of thioether (sulfide) groups is 1. The van der Waals surface area contributed by atoms with E-state index in [0.717, 1.165) is 17.1 Å². The van der Waals surface area contributed by atoms with E-state index in [9.17, 15) is 19.5 Å². The molecule has 9 heteroatoms. The van der Waals surface area contributed by atoms with E-state index in [4.69, 9.17) is 4.74 Å². The third kappa shape index (κ3) is 9.57. The first-order chi connectivity index (χ1) is 18.0. The second kappa shape index (κ2) is 14.7. The van der Waals surface area contributed by atoms with E-state index in [-0.39, 0.29) is 23.3 Å². The van der Waals surface area contributed by atoms with Crippen molar-refractivity contribution < 1.29 is 24.2 Å². The molecular formula is C30H49N3O5S. The maximum atomic E-state index is 13.8. The van der Waals surface area contributed by atoms with Gasteiger partial charge in [-0.2, -0.15) is 11.8 Å². The molecule has 0 fully saturated rings. The molecule has 0 aromatic heterocycles. The molecule has 39 heavy (non-hydrogen) atoms. The van der Waals surface area contributed by atoms with Crippen LogP contribution in [0.3, 0.4) is 0 Å². The summed E-state index contributed by atoms with van der Waals surface area (Å²) >= 11 is 1.71. The third-order valence-electron chi connectivity index (χ3n) is 7.04. The number of rotatable bonds is 14. The summed E-state index contributed by atoms with van der Waals surface area (Å²) in [7, 11) is 3.39. The molecule has 0 aliphatic heterocycles. The van der Waals surface area contributed by atoms with Crippen LogP contribution in [0.2, 0.25) is 0 Å². The van der Waals surface area contributed by atoms with Gasteiger partial charge in [0.25, 0.3) is 0 Å². The first-order valence-corrected chi connectivity index (χ1v) is 14.8. The van der Waals surface area contributed by atoms with Gasteiger partial charge in [-0.3, -0.25) is 9.59 Å². The van der Waals surface area contributed by atoms with Gasteiger partial charge in [0.15, 0.2) is 0 Å². The molecule has 0 heterocycles. The number of carbonyl (C=O) groups excluding carboxylic acids is 2. The zero-order valence-corrected chi connectivity index (χ0v) is 26.4. The standard InChI is InChI=1S/C30H49N3O5S/c1-19(2)23(17-20(3)28(36)37)33(10)27(35)25(29(4,5)6)32-26(34)24(31-9)30(7,8)21-13-12-14-22(18-21)38-15-16-39-11/h12-14,17-19,23-25,31H,15-16H2,1-11H3,(H,32,34)(H,36,37)/b20-17+/t23-,24-,25-/m1/s1. The van der Waals surface area contributed by atoms with Gasteiger partial charge in [0.1, 0.15) is 11.8 Å². The van der Waals surface area contributed by atoms with Gasteiger partial charge in [-0.1, -0.05) is 66.7 Å². The van der Waals surface area contributed by atoms with Crippen molar-refractivity contribution in [3.8, 4) is 5.75 Å². The van der Waals surface area contributed by atoms with Gasteiger partial charge < -0.3 is 25.4 Å². The predicted molar refractivity (Wildman–Crippen MR) is 160 cm³/mol. The number of hydrogen-bond donors (Lipinski definition) is 3. The summed E-state index contributed by atoms with van der Waals surface area (Å²) < 4.78 is 5.87. The van der Waals surface area contributed by atoms with Crippen LogP contribution >= 0.6 is 11.8 Å². The van der Waals surface area contributed by atoms with Crippen LogP contribution in [0.4, 0.5) is 0 Å². The van der Waals surface area contributed by atoms with Gasteiger partial charge in [0, 0.05) is 23.8 Å². The lowest BCUT2D eigenvalue weighted by atomic mass is 9.76. The summed E-state index contributed by atoms with van der Waals surface area (Å²) in [6.45, 7) is 15.7. The topological polar surface area (TPSA) is 108 Å². The largest absolute Gasteiger partial charge is 0.493 e. The molecule has 0 aliphatic carbocycles. The van der Waals surface area contributed by atoms with E-state index in [1.54, 1.807) is 36.8 Å². The zero-order chi connectivity index (χ0) is 30.1. The highest BCUT2D eigenvalue weighted by atomic mass is 32.2. The first kappa shape index (κ1) is 34.5. The van der Waals surface area contributed by atoms with Crippen molar-refractivity contribution >= 4 is 29.5 Å². The van der Waals surface area contributed by atoms with E-state index >= 15 is 0 Å². The number of carbonyl (C=O) groups is 3. The number of amides is 2. The average molecular weight is 564 g/mol. The SMILES string of the molecule is CN[C@H](C(=O)N[C@H](C(=O)N(C)[C@H](/C=C(\C)C(=O)O)C(C)C)C(C)(C)C)C(C)(C)c1cccc(OCCSC)c1. The molecule has 220 valence electrons. The molecule has 8 nitrogen and oxygen atoms in total. The molecule has 0 saturated carbocycles. The van der Waals surface area contributed by atoms with E-state index in [1.807, 2.05) is 79.0 Å². The van der Waals surface area contributed by atoms with Crippen molar-refractivity contribution in [1.82, 2.24) is 15.5 Å². The second-order valence-corrected chi connectivity index (χ2v) is 12.9. The molecule has 1 aromatic rings. The number of hydrogen-bond acceptors (Lipinski definition) is 6.